The average Bonchev–Trinajstić information content (AvgIpc) is 2.55. The molecule has 3 nitrogen and oxygen atoms in total. The summed E-state index contributed by atoms with van der Waals surface area (Å²) in [6.45, 7) is 0. The van der Waals surface area contributed by atoms with Gasteiger partial charge in [-0.2, -0.15) is 4.99 Å². The first-order chi connectivity index (χ1) is 10.7. The minimum atomic E-state index is -2.95. The van der Waals surface area contributed by atoms with E-state index in [1.165, 1.54) is 0 Å². The molecular weight excluding hydrogens is 285 g/mol. The van der Waals surface area contributed by atoms with E-state index in [1.807, 2.05) is 30.3 Å². The second kappa shape index (κ2) is 6.34. The molecule has 0 amide bonds. The van der Waals surface area contributed by atoms with Gasteiger partial charge >= 0.3 is 7.47 Å². The van der Waals surface area contributed by atoms with E-state index >= 15 is 0 Å². The zero-order valence-electron chi connectivity index (χ0n) is 11.5. The van der Waals surface area contributed by atoms with Crippen LogP contribution in [0.15, 0.2) is 71.9 Å². The van der Waals surface area contributed by atoms with Gasteiger partial charge in [0.15, 0.2) is 5.82 Å². The van der Waals surface area contributed by atoms with Crippen molar-refractivity contribution in [3.05, 3.63) is 72.4 Å². The van der Waals surface area contributed by atoms with Crippen molar-refractivity contribution in [2.45, 2.75) is 0 Å². The number of pyridine rings is 1. The van der Waals surface area contributed by atoms with Crippen LogP contribution in [-0.2, 0) is 4.65 Å². The van der Waals surface area contributed by atoms with Crippen LogP contribution in [-0.4, -0.2) is 18.4 Å². The molecule has 0 aliphatic carbocycles. The molecule has 2 aromatic carbocycles. The Labute approximate surface area is 126 Å². The van der Waals surface area contributed by atoms with Crippen LogP contribution in [0.1, 0.15) is 5.56 Å². The number of aliphatic imine (C=N–C) groups is 1. The molecule has 1 heterocycles. The van der Waals surface area contributed by atoms with Gasteiger partial charge in [0.05, 0.1) is 0 Å². The van der Waals surface area contributed by atoms with E-state index < -0.39 is 7.47 Å². The lowest BCUT2D eigenvalue weighted by molar-refractivity contribution is 0.420. The molecule has 3 rings (SSSR count). The topological polar surface area (TPSA) is 34.5 Å². The summed E-state index contributed by atoms with van der Waals surface area (Å²) in [7, 11) is -2.95. The fourth-order valence-corrected chi connectivity index (χ4v) is 2.11. The highest BCUT2D eigenvalue weighted by Crippen LogP contribution is 2.24. The van der Waals surface area contributed by atoms with E-state index in [4.69, 9.17) is 0 Å². The van der Waals surface area contributed by atoms with Gasteiger partial charge in [0, 0.05) is 17.1 Å². The predicted molar refractivity (Wildman–Crippen MR) is 83.4 cm³/mol. The SMILES string of the molecule is FB(F)OC(=Nc1nccc2ccccc12)c1ccccc1. The number of hydrogen-bond donors (Lipinski definition) is 0. The lowest BCUT2D eigenvalue weighted by Crippen LogP contribution is -2.14. The number of aromatic nitrogens is 1. The molecule has 3 aromatic rings. The Bertz CT molecular complexity index is 804. The standard InChI is InChI=1S/C16H11BF2N2O/c18-17(19)22-16(13-7-2-1-3-8-13)21-15-14-9-5-4-6-12(14)10-11-20-15/h1-11H. The van der Waals surface area contributed by atoms with Crippen molar-refractivity contribution in [3.63, 3.8) is 0 Å². The minimum Gasteiger partial charge on any atom is -0.490 e. The number of rotatable bonds is 3. The van der Waals surface area contributed by atoms with Crippen LogP contribution < -0.4 is 0 Å². The monoisotopic (exact) mass is 296 g/mol. The second-order valence-corrected chi connectivity index (χ2v) is 4.52. The fourth-order valence-electron chi connectivity index (χ4n) is 2.11. The normalized spacial score (nSPS) is 11.5. The third kappa shape index (κ3) is 3.11. The van der Waals surface area contributed by atoms with Crippen LogP contribution in [0.2, 0.25) is 0 Å². The van der Waals surface area contributed by atoms with E-state index in [2.05, 4.69) is 14.6 Å². The van der Waals surface area contributed by atoms with Crippen LogP contribution in [0.25, 0.3) is 10.8 Å². The molecule has 108 valence electrons. The van der Waals surface area contributed by atoms with Crippen LogP contribution in [0.4, 0.5) is 14.4 Å². The first kappa shape index (κ1) is 14.2. The summed E-state index contributed by atoms with van der Waals surface area (Å²) in [4.78, 5) is 8.37. The molecule has 1 aromatic heterocycles. The van der Waals surface area contributed by atoms with E-state index in [-0.39, 0.29) is 5.90 Å². The molecule has 22 heavy (non-hydrogen) atoms. The summed E-state index contributed by atoms with van der Waals surface area (Å²) in [6, 6.07) is 17.9. The van der Waals surface area contributed by atoms with Crippen LogP contribution in [0.3, 0.4) is 0 Å². The number of nitrogens with zero attached hydrogens (tertiary/aromatic N) is 2. The third-order valence-electron chi connectivity index (χ3n) is 3.08. The van der Waals surface area contributed by atoms with Gasteiger partial charge < -0.3 is 4.65 Å². The first-order valence-electron chi connectivity index (χ1n) is 6.67. The van der Waals surface area contributed by atoms with Crippen molar-refractivity contribution < 1.29 is 13.3 Å². The summed E-state index contributed by atoms with van der Waals surface area (Å²) in [5.74, 6) is 0.192. The zero-order valence-corrected chi connectivity index (χ0v) is 11.5. The highest BCUT2D eigenvalue weighted by molar-refractivity contribution is 6.38. The summed E-state index contributed by atoms with van der Waals surface area (Å²) in [5.41, 5.74) is 0.470. The van der Waals surface area contributed by atoms with Gasteiger partial charge in [0.25, 0.3) is 0 Å². The number of hydrogen-bond acceptors (Lipinski definition) is 3. The van der Waals surface area contributed by atoms with Gasteiger partial charge in [-0.3, -0.25) is 0 Å². The smallest absolute Gasteiger partial charge is 0.490 e. The Morgan fingerprint density at radius 2 is 1.68 bits per heavy atom. The fraction of sp³-hybridized carbons (Fsp3) is 0. The number of benzene rings is 2. The highest BCUT2D eigenvalue weighted by Gasteiger charge is 2.21. The maximum atomic E-state index is 12.7. The molecular formula is C16H11BF2N2O. The summed E-state index contributed by atoms with van der Waals surface area (Å²) >= 11 is 0. The highest BCUT2D eigenvalue weighted by atomic mass is 19.2. The maximum Gasteiger partial charge on any atom is 0.797 e. The lowest BCUT2D eigenvalue weighted by Gasteiger charge is -2.08. The summed E-state index contributed by atoms with van der Waals surface area (Å²) < 4.78 is 29.9. The Morgan fingerprint density at radius 1 is 0.955 bits per heavy atom. The van der Waals surface area contributed by atoms with Gasteiger partial charge in [0.2, 0.25) is 5.90 Å². The average molecular weight is 296 g/mol. The Hall–Kier alpha value is -2.76. The van der Waals surface area contributed by atoms with E-state index in [9.17, 15) is 8.63 Å². The molecule has 0 N–H and O–H groups in total. The molecule has 0 saturated heterocycles. The maximum absolute atomic E-state index is 12.7. The van der Waals surface area contributed by atoms with Gasteiger partial charge in [0.1, 0.15) is 0 Å². The van der Waals surface area contributed by atoms with E-state index in [0.29, 0.717) is 11.4 Å². The molecule has 0 atom stereocenters. The van der Waals surface area contributed by atoms with Crippen molar-refractivity contribution >= 4 is 30.0 Å². The van der Waals surface area contributed by atoms with Gasteiger partial charge in [-0.25, -0.2) is 13.6 Å². The molecule has 0 fully saturated rings. The Kier molecular flexibility index (Phi) is 4.09. The Morgan fingerprint density at radius 3 is 2.45 bits per heavy atom. The van der Waals surface area contributed by atoms with E-state index in [0.717, 1.165) is 10.8 Å². The summed E-state index contributed by atoms with van der Waals surface area (Å²) in [6.07, 6.45) is 1.59. The largest absolute Gasteiger partial charge is 0.797 e. The molecule has 0 radical (unpaired) electrons. The molecule has 0 spiro atoms. The lowest BCUT2D eigenvalue weighted by atomic mass is 10.1. The molecule has 0 unspecified atom stereocenters. The van der Waals surface area contributed by atoms with Crippen molar-refractivity contribution in [2.24, 2.45) is 4.99 Å². The van der Waals surface area contributed by atoms with Gasteiger partial charge in [-0.15, -0.1) is 0 Å². The molecule has 0 aliphatic heterocycles. The van der Waals surface area contributed by atoms with E-state index in [1.54, 1.807) is 36.5 Å². The molecule has 0 aliphatic rings. The van der Waals surface area contributed by atoms with Crippen LogP contribution >= 0.6 is 0 Å². The van der Waals surface area contributed by atoms with Crippen LogP contribution in [0, 0.1) is 0 Å². The van der Waals surface area contributed by atoms with Gasteiger partial charge in [-0.05, 0) is 23.6 Å². The minimum absolute atomic E-state index is 0.153. The quantitative estimate of drug-likeness (QED) is 0.411. The zero-order chi connectivity index (χ0) is 15.4. The second-order valence-electron chi connectivity index (χ2n) is 4.52. The molecule has 6 heteroatoms. The molecule has 0 saturated carbocycles. The number of fused-ring (bicyclic) bond motifs is 1. The van der Waals surface area contributed by atoms with Crippen molar-refractivity contribution in [2.75, 3.05) is 0 Å². The third-order valence-corrected chi connectivity index (χ3v) is 3.08. The van der Waals surface area contributed by atoms with Crippen molar-refractivity contribution in [1.29, 1.82) is 0 Å². The van der Waals surface area contributed by atoms with Crippen LogP contribution in [0.5, 0.6) is 0 Å². The van der Waals surface area contributed by atoms with Gasteiger partial charge in [-0.1, -0.05) is 42.5 Å². The summed E-state index contributed by atoms with van der Waals surface area (Å²) in [5, 5.41) is 1.71. The predicted octanol–water partition coefficient (Wildman–Crippen LogP) is 4.25. The number of halogens is 2. The Balaban J connectivity index is 2.12. The van der Waals surface area contributed by atoms with Crippen molar-refractivity contribution in [3.8, 4) is 0 Å². The van der Waals surface area contributed by atoms with Crippen molar-refractivity contribution in [1.82, 2.24) is 4.98 Å². The first-order valence-corrected chi connectivity index (χ1v) is 6.67. The molecule has 0 bridgehead atoms.